The van der Waals surface area contributed by atoms with Crippen LogP contribution in [0.5, 0.6) is 5.75 Å². The van der Waals surface area contributed by atoms with Gasteiger partial charge in [0.25, 0.3) is 11.5 Å². The molecule has 29 heavy (non-hydrogen) atoms. The predicted octanol–water partition coefficient (Wildman–Crippen LogP) is 2.64. The topological polar surface area (TPSA) is 103 Å². The maximum atomic E-state index is 12.8. The number of benzene rings is 2. The molecule has 150 valence electrons. The van der Waals surface area contributed by atoms with Gasteiger partial charge in [0.2, 0.25) is 0 Å². The van der Waals surface area contributed by atoms with E-state index in [1.54, 1.807) is 42.9 Å². The van der Waals surface area contributed by atoms with Gasteiger partial charge in [0.15, 0.2) is 6.61 Å². The van der Waals surface area contributed by atoms with Crippen molar-refractivity contribution in [3.8, 4) is 11.4 Å². The van der Waals surface area contributed by atoms with Crippen LogP contribution >= 0.6 is 11.6 Å². The van der Waals surface area contributed by atoms with Gasteiger partial charge in [-0.15, -0.1) is 0 Å². The van der Waals surface area contributed by atoms with E-state index in [1.165, 1.54) is 22.9 Å². The number of anilines is 1. The molecule has 1 heterocycles. The highest BCUT2D eigenvalue weighted by atomic mass is 35.5. The van der Waals surface area contributed by atoms with Gasteiger partial charge in [-0.05, 0) is 37.3 Å². The molecule has 0 spiro atoms. The van der Waals surface area contributed by atoms with Gasteiger partial charge in [-0.25, -0.2) is 9.48 Å². The number of hydrogen-bond donors (Lipinski definition) is 2. The number of halogens is 1. The molecule has 0 bridgehead atoms. The average molecular weight is 416 g/mol. The minimum Gasteiger partial charge on any atom is -0.507 e. The fourth-order valence-corrected chi connectivity index (χ4v) is 2.94. The first kappa shape index (κ1) is 20.2. The Morgan fingerprint density at radius 1 is 1.17 bits per heavy atom. The number of nitrogens with one attached hydrogen (secondary N) is 1. The molecule has 1 aromatic heterocycles. The van der Waals surface area contributed by atoms with Crippen molar-refractivity contribution in [1.29, 1.82) is 0 Å². The lowest BCUT2D eigenvalue weighted by molar-refractivity contribution is -0.119. The number of para-hydroxylation sites is 1. The maximum Gasteiger partial charge on any atom is 0.342 e. The number of nitrogens with zero attached hydrogens (tertiary/aromatic N) is 2. The molecule has 0 aliphatic carbocycles. The van der Waals surface area contributed by atoms with Crippen molar-refractivity contribution in [3.05, 3.63) is 75.2 Å². The summed E-state index contributed by atoms with van der Waals surface area (Å²) in [4.78, 5) is 37.0. The number of phenols is 1. The van der Waals surface area contributed by atoms with Gasteiger partial charge in [-0.3, -0.25) is 14.3 Å². The number of hydrogen-bond acceptors (Lipinski definition) is 5. The Morgan fingerprint density at radius 2 is 1.86 bits per heavy atom. The Labute approximate surface area is 170 Å². The zero-order chi connectivity index (χ0) is 21.1. The van der Waals surface area contributed by atoms with Gasteiger partial charge in [0.1, 0.15) is 17.0 Å². The third-order valence-corrected chi connectivity index (χ3v) is 4.57. The zero-order valence-electron chi connectivity index (χ0n) is 15.7. The molecule has 3 aromatic rings. The Balaban J connectivity index is 1.73. The molecule has 9 heteroatoms. The van der Waals surface area contributed by atoms with Crippen molar-refractivity contribution in [3.63, 3.8) is 0 Å². The molecule has 0 saturated carbocycles. The summed E-state index contributed by atoms with van der Waals surface area (Å²) in [7, 11) is 1.70. The van der Waals surface area contributed by atoms with Crippen LogP contribution in [-0.4, -0.2) is 33.0 Å². The quantitative estimate of drug-likeness (QED) is 0.623. The summed E-state index contributed by atoms with van der Waals surface area (Å²) in [5.74, 6) is -1.92. The summed E-state index contributed by atoms with van der Waals surface area (Å²) in [5, 5.41) is 12.5. The number of carbonyl (C=O) groups excluding carboxylic acids is 2. The third-order valence-electron chi connectivity index (χ3n) is 4.33. The largest absolute Gasteiger partial charge is 0.507 e. The second kappa shape index (κ2) is 8.24. The highest BCUT2D eigenvalue weighted by Gasteiger charge is 2.19. The standard InChI is InChI=1S/C20H18ClN3O5/c1-12-18(19(27)24(23(12)2)14-6-4-3-5-7-14)22-17(26)11-29-20(28)15-9-8-13(21)10-16(15)25/h3-10,25H,11H2,1-2H3,(H,22,26). The Morgan fingerprint density at radius 3 is 2.52 bits per heavy atom. The number of amides is 1. The fourth-order valence-electron chi connectivity index (χ4n) is 2.77. The molecule has 1 amide bonds. The van der Waals surface area contributed by atoms with Crippen molar-refractivity contribution in [2.75, 3.05) is 11.9 Å². The molecular formula is C20H18ClN3O5. The number of aromatic nitrogens is 2. The van der Waals surface area contributed by atoms with Gasteiger partial charge in [0.05, 0.1) is 11.4 Å². The first-order chi connectivity index (χ1) is 13.8. The summed E-state index contributed by atoms with van der Waals surface area (Å²) in [6.45, 7) is 1.06. The maximum absolute atomic E-state index is 12.8. The van der Waals surface area contributed by atoms with Crippen molar-refractivity contribution >= 4 is 29.2 Å². The van der Waals surface area contributed by atoms with E-state index in [0.717, 1.165) is 0 Å². The van der Waals surface area contributed by atoms with Crippen LogP contribution < -0.4 is 10.9 Å². The van der Waals surface area contributed by atoms with E-state index in [4.69, 9.17) is 16.3 Å². The number of rotatable bonds is 5. The molecular weight excluding hydrogens is 398 g/mol. The van der Waals surface area contributed by atoms with E-state index < -0.39 is 24.0 Å². The van der Waals surface area contributed by atoms with Crippen LogP contribution in [0.15, 0.2) is 53.3 Å². The van der Waals surface area contributed by atoms with Crippen LogP contribution in [0.3, 0.4) is 0 Å². The summed E-state index contributed by atoms with van der Waals surface area (Å²) < 4.78 is 7.95. The minimum atomic E-state index is -0.888. The lowest BCUT2D eigenvalue weighted by atomic mass is 10.2. The van der Waals surface area contributed by atoms with Crippen molar-refractivity contribution in [1.82, 2.24) is 9.36 Å². The summed E-state index contributed by atoms with van der Waals surface area (Å²) >= 11 is 5.72. The lowest BCUT2D eigenvalue weighted by Gasteiger charge is -2.07. The molecule has 0 aliphatic heterocycles. The van der Waals surface area contributed by atoms with E-state index >= 15 is 0 Å². The van der Waals surface area contributed by atoms with E-state index in [0.29, 0.717) is 11.4 Å². The molecule has 3 rings (SSSR count). The summed E-state index contributed by atoms with van der Waals surface area (Å²) in [6.07, 6.45) is 0. The molecule has 0 unspecified atom stereocenters. The van der Waals surface area contributed by atoms with Crippen LogP contribution in [-0.2, 0) is 16.6 Å². The van der Waals surface area contributed by atoms with Gasteiger partial charge in [-0.1, -0.05) is 29.8 Å². The van der Waals surface area contributed by atoms with E-state index in [-0.39, 0.29) is 22.0 Å². The van der Waals surface area contributed by atoms with Crippen molar-refractivity contribution in [2.45, 2.75) is 6.92 Å². The molecule has 0 atom stereocenters. The highest BCUT2D eigenvalue weighted by Crippen LogP contribution is 2.22. The lowest BCUT2D eigenvalue weighted by Crippen LogP contribution is -2.25. The fraction of sp³-hybridized carbons (Fsp3) is 0.150. The van der Waals surface area contributed by atoms with Crippen molar-refractivity contribution in [2.24, 2.45) is 7.05 Å². The number of ether oxygens (including phenoxy) is 1. The highest BCUT2D eigenvalue weighted by molar-refractivity contribution is 6.30. The Hall–Kier alpha value is -3.52. The van der Waals surface area contributed by atoms with Gasteiger partial charge in [-0.2, -0.15) is 0 Å². The summed E-state index contributed by atoms with van der Waals surface area (Å²) in [5.41, 5.74) is 0.740. The Kier molecular flexibility index (Phi) is 5.74. The molecule has 2 N–H and O–H groups in total. The normalized spacial score (nSPS) is 10.6. The smallest absolute Gasteiger partial charge is 0.342 e. The zero-order valence-corrected chi connectivity index (χ0v) is 16.4. The van der Waals surface area contributed by atoms with E-state index in [1.807, 2.05) is 6.07 Å². The number of aromatic hydroxyl groups is 1. The van der Waals surface area contributed by atoms with Gasteiger partial charge in [0, 0.05) is 12.1 Å². The first-order valence-corrected chi connectivity index (χ1v) is 8.97. The number of esters is 1. The molecule has 0 radical (unpaired) electrons. The van der Waals surface area contributed by atoms with Gasteiger partial charge >= 0.3 is 5.97 Å². The average Bonchev–Trinajstić information content (AvgIpc) is 2.90. The molecule has 8 nitrogen and oxygen atoms in total. The second-order valence-electron chi connectivity index (χ2n) is 6.22. The second-order valence-corrected chi connectivity index (χ2v) is 6.66. The summed E-state index contributed by atoms with van der Waals surface area (Å²) in [6, 6.07) is 12.9. The van der Waals surface area contributed by atoms with Crippen LogP contribution in [0.2, 0.25) is 5.02 Å². The Bertz CT molecular complexity index is 1140. The predicted molar refractivity (Wildman–Crippen MR) is 108 cm³/mol. The number of phenolic OH excluding ortho intramolecular Hbond substituents is 1. The molecule has 0 saturated heterocycles. The number of carbonyl (C=O) groups is 2. The van der Waals surface area contributed by atoms with Crippen LogP contribution in [0.25, 0.3) is 5.69 Å². The van der Waals surface area contributed by atoms with E-state index in [2.05, 4.69) is 5.32 Å². The molecule has 0 fully saturated rings. The van der Waals surface area contributed by atoms with E-state index in [9.17, 15) is 19.5 Å². The molecule has 0 aliphatic rings. The minimum absolute atomic E-state index is 0.0896. The van der Waals surface area contributed by atoms with Crippen LogP contribution in [0, 0.1) is 6.92 Å². The van der Waals surface area contributed by atoms with Crippen LogP contribution in [0.1, 0.15) is 16.1 Å². The van der Waals surface area contributed by atoms with Crippen molar-refractivity contribution < 1.29 is 19.4 Å². The first-order valence-electron chi connectivity index (χ1n) is 8.59. The van der Waals surface area contributed by atoms with Gasteiger partial charge < -0.3 is 15.2 Å². The SMILES string of the molecule is Cc1c(NC(=O)COC(=O)c2ccc(Cl)cc2O)c(=O)n(-c2ccccc2)n1C. The monoisotopic (exact) mass is 415 g/mol. The third kappa shape index (κ3) is 4.17. The molecule has 2 aromatic carbocycles. The van der Waals surface area contributed by atoms with Crippen LogP contribution in [0.4, 0.5) is 5.69 Å².